The minimum absolute atomic E-state index is 0.342. The predicted molar refractivity (Wildman–Crippen MR) is 86.0 cm³/mol. The Morgan fingerprint density at radius 2 is 1.57 bits per heavy atom. The van der Waals surface area contributed by atoms with Crippen molar-refractivity contribution >= 4 is 16.4 Å². The predicted octanol–water partition coefficient (Wildman–Crippen LogP) is 3.53. The summed E-state index contributed by atoms with van der Waals surface area (Å²) in [7, 11) is -1.53. The molecule has 2 nitrogen and oxygen atoms in total. The van der Waals surface area contributed by atoms with E-state index in [1.54, 1.807) is 12.1 Å². The van der Waals surface area contributed by atoms with Gasteiger partial charge in [-0.2, -0.15) is 0 Å². The van der Waals surface area contributed by atoms with Gasteiger partial charge in [0, 0.05) is 16.9 Å². The molecule has 0 aliphatic heterocycles. The molecule has 0 saturated heterocycles. The molecule has 1 aliphatic carbocycles. The number of hydrogen-bond acceptors (Lipinski definition) is 2. The van der Waals surface area contributed by atoms with E-state index >= 15 is 0 Å². The highest BCUT2D eigenvalue weighted by atomic mass is 32.2. The molecular formula is C18H16O2S. The molecule has 2 aromatic carbocycles. The molecule has 0 saturated carbocycles. The highest BCUT2D eigenvalue weighted by Crippen LogP contribution is 2.38. The first-order valence-electron chi connectivity index (χ1n) is 6.84. The first-order valence-corrected chi connectivity index (χ1v) is 7.99. The Balaban J connectivity index is 2.05. The fourth-order valence-electron chi connectivity index (χ4n) is 2.49. The Hall–Kier alpha value is -1.97. The lowest BCUT2D eigenvalue weighted by atomic mass is 9.94. The molecule has 0 aromatic heterocycles. The van der Waals surface area contributed by atoms with E-state index in [0.717, 1.165) is 5.56 Å². The van der Waals surface area contributed by atoms with E-state index in [0.29, 0.717) is 16.9 Å². The zero-order valence-electron chi connectivity index (χ0n) is 11.5. The number of rotatable bonds is 3. The summed E-state index contributed by atoms with van der Waals surface area (Å²) in [4.78, 5) is -0.755. The van der Waals surface area contributed by atoms with Crippen molar-refractivity contribution < 1.29 is 9.32 Å². The molecule has 2 atom stereocenters. The molecule has 106 valence electrons. The normalized spacial score (nSPS) is 22.6. The van der Waals surface area contributed by atoms with Gasteiger partial charge in [0.15, 0.2) is 4.93 Å². The molecule has 2 aromatic rings. The van der Waals surface area contributed by atoms with Gasteiger partial charge in [0.25, 0.3) is 0 Å². The van der Waals surface area contributed by atoms with Crippen LogP contribution in [0.3, 0.4) is 0 Å². The van der Waals surface area contributed by atoms with Gasteiger partial charge in [-0.1, -0.05) is 66.8 Å². The molecule has 0 radical (unpaired) electrons. The minimum Gasteiger partial charge on any atom is -0.372 e. The molecule has 0 amide bonds. The summed E-state index contributed by atoms with van der Waals surface area (Å²) < 4.78 is 12.9. The fourth-order valence-corrected chi connectivity index (χ4v) is 3.91. The van der Waals surface area contributed by atoms with Crippen LogP contribution in [0.25, 0.3) is 5.57 Å². The lowest BCUT2D eigenvalue weighted by Gasteiger charge is -2.31. The van der Waals surface area contributed by atoms with Crippen LogP contribution in [0, 0.1) is 0 Å². The second-order valence-corrected chi connectivity index (χ2v) is 6.63. The van der Waals surface area contributed by atoms with Crippen molar-refractivity contribution in [1.29, 1.82) is 0 Å². The van der Waals surface area contributed by atoms with Crippen LogP contribution >= 0.6 is 0 Å². The quantitative estimate of drug-likeness (QED) is 0.941. The van der Waals surface area contributed by atoms with Crippen LogP contribution in [0.5, 0.6) is 0 Å². The van der Waals surface area contributed by atoms with Crippen molar-refractivity contribution in [3.8, 4) is 0 Å². The van der Waals surface area contributed by atoms with Gasteiger partial charge in [0.1, 0.15) is 0 Å². The second kappa shape index (κ2) is 5.80. The van der Waals surface area contributed by atoms with Crippen molar-refractivity contribution in [2.24, 2.45) is 0 Å². The van der Waals surface area contributed by atoms with Crippen LogP contribution in [-0.4, -0.2) is 14.2 Å². The third-order valence-corrected chi connectivity index (χ3v) is 5.26. The Kier molecular flexibility index (Phi) is 3.86. The number of hydrogen-bond donors (Lipinski definition) is 1. The SMILES string of the molecule is O=S(c1ccccc1)C1(O)CC=CC=C1c1ccccc1. The minimum atomic E-state index is -1.53. The average molecular weight is 296 g/mol. The van der Waals surface area contributed by atoms with Gasteiger partial charge >= 0.3 is 0 Å². The zero-order chi connectivity index (χ0) is 14.7. The Labute approximate surface area is 126 Å². The Morgan fingerprint density at radius 3 is 2.24 bits per heavy atom. The van der Waals surface area contributed by atoms with E-state index in [9.17, 15) is 9.32 Å². The average Bonchev–Trinajstić information content (AvgIpc) is 2.56. The van der Waals surface area contributed by atoms with Crippen molar-refractivity contribution in [2.45, 2.75) is 16.2 Å². The molecule has 2 unspecified atom stereocenters. The molecule has 21 heavy (non-hydrogen) atoms. The van der Waals surface area contributed by atoms with Gasteiger partial charge in [-0.15, -0.1) is 0 Å². The summed E-state index contributed by atoms with van der Waals surface area (Å²) in [6.45, 7) is 0. The Bertz CT molecular complexity index is 705. The van der Waals surface area contributed by atoms with E-state index in [-0.39, 0.29) is 0 Å². The van der Waals surface area contributed by atoms with Crippen LogP contribution in [-0.2, 0) is 10.8 Å². The number of aliphatic hydroxyl groups is 1. The van der Waals surface area contributed by atoms with Crippen LogP contribution in [0.2, 0.25) is 0 Å². The Morgan fingerprint density at radius 1 is 0.952 bits per heavy atom. The second-order valence-electron chi connectivity index (χ2n) is 4.94. The molecule has 1 N–H and O–H groups in total. The lowest BCUT2D eigenvalue weighted by molar-refractivity contribution is 0.193. The molecule has 3 heteroatoms. The number of benzene rings is 2. The van der Waals surface area contributed by atoms with E-state index in [1.165, 1.54) is 0 Å². The van der Waals surface area contributed by atoms with Gasteiger partial charge in [-0.25, -0.2) is 0 Å². The largest absolute Gasteiger partial charge is 0.372 e. The van der Waals surface area contributed by atoms with E-state index < -0.39 is 15.7 Å². The first kappa shape index (κ1) is 14.0. The molecule has 0 spiro atoms. The molecule has 0 heterocycles. The summed E-state index contributed by atoms with van der Waals surface area (Å²) in [6.07, 6.45) is 5.95. The van der Waals surface area contributed by atoms with E-state index in [2.05, 4.69) is 0 Å². The van der Waals surface area contributed by atoms with Crippen molar-refractivity contribution in [3.63, 3.8) is 0 Å². The topological polar surface area (TPSA) is 37.3 Å². The molecular weight excluding hydrogens is 280 g/mol. The van der Waals surface area contributed by atoms with Crippen molar-refractivity contribution in [1.82, 2.24) is 0 Å². The fraction of sp³-hybridized carbons (Fsp3) is 0.111. The van der Waals surface area contributed by atoms with Crippen molar-refractivity contribution in [2.75, 3.05) is 0 Å². The summed E-state index contributed by atoms with van der Waals surface area (Å²) in [5.41, 5.74) is 1.60. The highest BCUT2D eigenvalue weighted by Gasteiger charge is 2.39. The third-order valence-electron chi connectivity index (χ3n) is 3.56. The maximum atomic E-state index is 12.9. The van der Waals surface area contributed by atoms with Gasteiger partial charge < -0.3 is 5.11 Å². The third kappa shape index (κ3) is 2.62. The maximum Gasteiger partial charge on any atom is 0.173 e. The molecule has 0 fully saturated rings. The zero-order valence-corrected chi connectivity index (χ0v) is 12.3. The smallest absolute Gasteiger partial charge is 0.173 e. The number of allylic oxidation sites excluding steroid dienone is 2. The first-order chi connectivity index (χ1) is 10.2. The summed E-state index contributed by atoms with van der Waals surface area (Å²) in [5.74, 6) is 0. The van der Waals surface area contributed by atoms with E-state index in [1.807, 2.05) is 66.8 Å². The van der Waals surface area contributed by atoms with Crippen molar-refractivity contribution in [3.05, 3.63) is 84.5 Å². The van der Waals surface area contributed by atoms with Crippen LogP contribution < -0.4 is 0 Å². The van der Waals surface area contributed by atoms with Crippen LogP contribution in [0.1, 0.15) is 12.0 Å². The van der Waals surface area contributed by atoms with E-state index in [4.69, 9.17) is 0 Å². The summed E-state index contributed by atoms with van der Waals surface area (Å²) >= 11 is 0. The maximum absolute atomic E-state index is 12.9. The van der Waals surface area contributed by atoms with Gasteiger partial charge in [-0.3, -0.25) is 4.21 Å². The van der Waals surface area contributed by atoms with Gasteiger partial charge in [0.05, 0.1) is 10.8 Å². The van der Waals surface area contributed by atoms with Gasteiger partial charge in [-0.05, 0) is 17.7 Å². The molecule has 3 rings (SSSR count). The van der Waals surface area contributed by atoms with Crippen LogP contribution in [0.4, 0.5) is 0 Å². The summed E-state index contributed by atoms with van der Waals surface area (Å²) in [5, 5.41) is 11.1. The summed E-state index contributed by atoms with van der Waals surface area (Å²) in [6, 6.07) is 18.7. The standard InChI is InChI=1S/C18H16O2S/c19-18(21(20)16-11-5-2-6-12-16)14-8-7-13-17(18)15-9-3-1-4-10-15/h1-13,19H,14H2. The van der Waals surface area contributed by atoms with Gasteiger partial charge in [0.2, 0.25) is 0 Å². The monoisotopic (exact) mass is 296 g/mol. The molecule has 1 aliphatic rings. The highest BCUT2D eigenvalue weighted by molar-refractivity contribution is 7.86. The lowest BCUT2D eigenvalue weighted by Crippen LogP contribution is -2.36. The van der Waals surface area contributed by atoms with Crippen LogP contribution in [0.15, 0.2) is 83.8 Å². The molecule has 0 bridgehead atoms.